The number of nitrogens with zero attached hydrogens (tertiary/aromatic N) is 2. The Hall–Kier alpha value is -1.84. The van der Waals surface area contributed by atoms with Crippen molar-refractivity contribution in [2.24, 2.45) is 4.99 Å². The first-order valence-electron chi connectivity index (χ1n) is 6.94. The van der Waals surface area contributed by atoms with Crippen LogP contribution in [0, 0.1) is 5.82 Å². The Bertz CT molecular complexity index is 426. The minimum absolute atomic E-state index is 0.195. The Balaban J connectivity index is 2.34. The lowest BCUT2D eigenvalue weighted by molar-refractivity contribution is 0.470. The van der Waals surface area contributed by atoms with Gasteiger partial charge in [-0.3, -0.25) is 4.99 Å². The number of halogens is 1. The van der Waals surface area contributed by atoms with Crippen molar-refractivity contribution in [1.82, 2.24) is 10.2 Å². The van der Waals surface area contributed by atoms with Gasteiger partial charge in [-0.15, -0.1) is 6.58 Å². The molecule has 0 heterocycles. The Morgan fingerprint density at radius 1 is 1.40 bits per heavy atom. The summed E-state index contributed by atoms with van der Waals surface area (Å²) in [4.78, 5) is 6.36. The molecule has 4 heteroatoms. The zero-order valence-electron chi connectivity index (χ0n) is 12.4. The summed E-state index contributed by atoms with van der Waals surface area (Å²) in [7, 11) is 3.81. The molecule has 1 aromatic carbocycles. The number of nitrogens with one attached hydrogen (secondary N) is 1. The molecule has 110 valence electrons. The third-order valence-electron chi connectivity index (χ3n) is 3.09. The smallest absolute Gasteiger partial charge is 0.193 e. The van der Waals surface area contributed by atoms with Gasteiger partial charge in [-0.25, -0.2) is 4.39 Å². The molecule has 3 nitrogen and oxygen atoms in total. The fourth-order valence-electron chi connectivity index (χ4n) is 1.93. The second kappa shape index (κ2) is 9.13. The van der Waals surface area contributed by atoms with E-state index in [1.165, 1.54) is 12.1 Å². The number of guanidine groups is 1. The highest BCUT2D eigenvalue weighted by atomic mass is 19.1. The van der Waals surface area contributed by atoms with E-state index in [9.17, 15) is 4.39 Å². The van der Waals surface area contributed by atoms with Gasteiger partial charge in [0.15, 0.2) is 5.96 Å². The summed E-state index contributed by atoms with van der Waals surface area (Å²) >= 11 is 0. The number of hydrogen-bond donors (Lipinski definition) is 1. The molecule has 1 rings (SSSR count). The summed E-state index contributed by atoms with van der Waals surface area (Å²) in [6, 6.07) is 6.61. The molecule has 0 atom stereocenters. The molecular formula is C16H24FN3. The summed E-state index contributed by atoms with van der Waals surface area (Å²) in [5.41, 5.74) is 1.11. The summed E-state index contributed by atoms with van der Waals surface area (Å²) in [5.74, 6) is 0.690. The van der Waals surface area contributed by atoms with E-state index in [0.717, 1.165) is 43.9 Å². The van der Waals surface area contributed by atoms with Crippen LogP contribution < -0.4 is 5.32 Å². The van der Waals surface area contributed by atoms with Crippen LogP contribution in [0.3, 0.4) is 0 Å². The second-order valence-electron chi connectivity index (χ2n) is 4.70. The number of unbranched alkanes of at least 4 members (excludes halogenated alkanes) is 1. The highest BCUT2D eigenvalue weighted by molar-refractivity contribution is 5.79. The van der Waals surface area contributed by atoms with E-state index >= 15 is 0 Å². The molecule has 0 radical (unpaired) electrons. The van der Waals surface area contributed by atoms with Crippen LogP contribution in [0.2, 0.25) is 0 Å². The third-order valence-corrected chi connectivity index (χ3v) is 3.09. The summed E-state index contributed by atoms with van der Waals surface area (Å²) in [5, 5.41) is 3.32. The number of hydrogen-bond acceptors (Lipinski definition) is 1. The fourth-order valence-corrected chi connectivity index (χ4v) is 1.93. The highest BCUT2D eigenvalue weighted by Crippen LogP contribution is 2.03. The highest BCUT2D eigenvalue weighted by Gasteiger charge is 2.04. The topological polar surface area (TPSA) is 27.6 Å². The van der Waals surface area contributed by atoms with E-state index < -0.39 is 0 Å². The lowest BCUT2D eigenvalue weighted by Gasteiger charge is -2.21. The first-order valence-corrected chi connectivity index (χ1v) is 6.94. The van der Waals surface area contributed by atoms with Crippen LogP contribution in [0.25, 0.3) is 0 Å². The Morgan fingerprint density at radius 3 is 2.70 bits per heavy atom. The van der Waals surface area contributed by atoms with Crippen LogP contribution in [0.15, 0.2) is 41.9 Å². The first kappa shape index (κ1) is 16.2. The molecule has 0 aliphatic heterocycles. The summed E-state index contributed by atoms with van der Waals surface area (Å²) in [6.45, 7) is 5.45. The van der Waals surface area contributed by atoms with Crippen LogP contribution in [-0.4, -0.2) is 38.0 Å². The maximum Gasteiger partial charge on any atom is 0.193 e. The normalized spacial score (nSPS) is 11.2. The summed E-state index contributed by atoms with van der Waals surface area (Å²) in [6.07, 6.45) is 4.86. The number of rotatable bonds is 7. The fraction of sp³-hybridized carbons (Fsp3) is 0.438. The molecule has 0 amide bonds. The molecule has 1 aromatic rings. The molecular weight excluding hydrogens is 253 g/mol. The predicted octanol–water partition coefficient (Wildman–Crippen LogP) is 2.84. The lowest BCUT2D eigenvalue weighted by Crippen LogP contribution is -2.40. The number of aliphatic imine (C=N–C) groups is 1. The minimum Gasteiger partial charge on any atom is -0.356 e. The van der Waals surface area contributed by atoms with Crippen LogP contribution >= 0.6 is 0 Å². The average Bonchev–Trinajstić information content (AvgIpc) is 2.45. The van der Waals surface area contributed by atoms with Gasteiger partial charge < -0.3 is 10.2 Å². The van der Waals surface area contributed by atoms with Crippen LogP contribution in [0.1, 0.15) is 18.4 Å². The van der Waals surface area contributed by atoms with Gasteiger partial charge in [0.25, 0.3) is 0 Å². The molecule has 0 bridgehead atoms. The maximum atomic E-state index is 12.8. The van der Waals surface area contributed by atoms with Crippen molar-refractivity contribution in [2.75, 3.05) is 27.2 Å². The van der Waals surface area contributed by atoms with Gasteiger partial charge in [0.2, 0.25) is 0 Å². The Labute approximate surface area is 121 Å². The molecule has 0 saturated carbocycles. The SMILES string of the molecule is C=CCCCN(C)C(=NC)NCCc1ccc(F)cc1. The lowest BCUT2D eigenvalue weighted by atomic mass is 10.1. The van der Waals surface area contributed by atoms with Crippen LogP contribution in [-0.2, 0) is 6.42 Å². The minimum atomic E-state index is -0.195. The van der Waals surface area contributed by atoms with Gasteiger partial charge in [-0.2, -0.15) is 0 Å². The van der Waals surface area contributed by atoms with Crippen LogP contribution in [0.4, 0.5) is 4.39 Å². The standard InChI is InChI=1S/C16H24FN3/c1-4-5-6-13-20(3)16(18-2)19-12-11-14-7-9-15(17)10-8-14/h4,7-10H,1,5-6,11-13H2,2-3H3,(H,18,19). The van der Waals surface area contributed by atoms with Gasteiger partial charge in [-0.1, -0.05) is 18.2 Å². The van der Waals surface area contributed by atoms with E-state index in [-0.39, 0.29) is 5.82 Å². The van der Waals surface area contributed by atoms with Gasteiger partial charge in [0, 0.05) is 27.2 Å². The number of allylic oxidation sites excluding steroid dienone is 1. The van der Waals surface area contributed by atoms with Gasteiger partial charge in [-0.05, 0) is 37.0 Å². The molecule has 20 heavy (non-hydrogen) atoms. The van der Waals surface area contributed by atoms with Crippen molar-refractivity contribution in [3.05, 3.63) is 48.3 Å². The van der Waals surface area contributed by atoms with E-state index in [4.69, 9.17) is 0 Å². The zero-order valence-corrected chi connectivity index (χ0v) is 12.4. The predicted molar refractivity (Wildman–Crippen MR) is 83.5 cm³/mol. The van der Waals surface area contributed by atoms with E-state index in [1.807, 2.05) is 25.3 Å². The monoisotopic (exact) mass is 277 g/mol. The molecule has 0 fully saturated rings. The largest absolute Gasteiger partial charge is 0.356 e. The third kappa shape index (κ3) is 5.87. The molecule has 1 N–H and O–H groups in total. The van der Waals surface area contributed by atoms with Crippen molar-refractivity contribution in [1.29, 1.82) is 0 Å². The molecule has 0 aliphatic rings. The molecule has 0 saturated heterocycles. The van der Waals surface area contributed by atoms with Gasteiger partial charge in [0.05, 0.1) is 0 Å². The van der Waals surface area contributed by atoms with E-state index in [2.05, 4.69) is 21.8 Å². The van der Waals surface area contributed by atoms with Crippen LogP contribution in [0.5, 0.6) is 0 Å². The average molecular weight is 277 g/mol. The molecule has 0 unspecified atom stereocenters. The Kier molecular flexibility index (Phi) is 7.40. The second-order valence-corrected chi connectivity index (χ2v) is 4.70. The molecule has 0 aromatic heterocycles. The Morgan fingerprint density at radius 2 is 2.10 bits per heavy atom. The number of benzene rings is 1. The summed E-state index contributed by atoms with van der Waals surface area (Å²) < 4.78 is 12.8. The van der Waals surface area contributed by atoms with Gasteiger partial charge >= 0.3 is 0 Å². The zero-order chi connectivity index (χ0) is 14.8. The van der Waals surface area contributed by atoms with Gasteiger partial charge in [0.1, 0.15) is 5.82 Å². The van der Waals surface area contributed by atoms with E-state index in [0.29, 0.717) is 0 Å². The van der Waals surface area contributed by atoms with E-state index in [1.54, 1.807) is 7.05 Å². The first-order chi connectivity index (χ1) is 9.67. The van der Waals surface area contributed by atoms with Crippen molar-refractivity contribution >= 4 is 5.96 Å². The van der Waals surface area contributed by atoms with Crippen molar-refractivity contribution in [3.63, 3.8) is 0 Å². The quantitative estimate of drug-likeness (QED) is 0.359. The van der Waals surface area contributed by atoms with Crippen molar-refractivity contribution in [2.45, 2.75) is 19.3 Å². The van der Waals surface area contributed by atoms with Crippen molar-refractivity contribution < 1.29 is 4.39 Å². The molecule has 0 aliphatic carbocycles. The molecule has 0 spiro atoms. The van der Waals surface area contributed by atoms with Crippen molar-refractivity contribution in [3.8, 4) is 0 Å². The maximum absolute atomic E-state index is 12.8.